The Morgan fingerprint density at radius 2 is 1.96 bits per heavy atom. The van der Waals surface area contributed by atoms with Gasteiger partial charge in [0.25, 0.3) is 5.91 Å². The summed E-state index contributed by atoms with van der Waals surface area (Å²) in [5, 5.41) is 2.67. The van der Waals surface area contributed by atoms with E-state index in [-0.39, 0.29) is 23.7 Å². The van der Waals surface area contributed by atoms with Gasteiger partial charge in [-0.3, -0.25) is 4.79 Å². The van der Waals surface area contributed by atoms with Gasteiger partial charge >= 0.3 is 6.03 Å². The van der Waals surface area contributed by atoms with Crippen LogP contribution in [-0.2, 0) is 0 Å². The second-order valence-electron chi connectivity index (χ2n) is 6.92. The Hall–Kier alpha value is -2.11. The molecule has 1 aliphatic carbocycles. The summed E-state index contributed by atoms with van der Waals surface area (Å²) in [6.45, 7) is 0.713. The number of hydrogen-bond donors (Lipinski definition) is 1. The monoisotopic (exact) mass is 333 g/mol. The number of nitrogens with one attached hydrogen (secondary N) is 1. The third-order valence-electron chi connectivity index (χ3n) is 5.12. The van der Waals surface area contributed by atoms with Crippen molar-refractivity contribution in [3.63, 3.8) is 0 Å². The van der Waals surface area contributed by atoms with E-state index in [1.54, 1.807) is 14.1 Å². The lowest BCUT2D eigenvalue weighted by molar-refractivity contribution is 0.0827. The number of piperidine rings is 1. The van der Waals surface area contributed by atoms with E-state index in [1.807, 2.05) is 4.90 Å². The molecule has 2 atom stereocenters. The fourth-order valence-corrected chi connectivity index (χ4v) is 3.91. The molecule has 130 valence electrons. The minimum Gasteiger partial charge on any atom is -0.345 e. The van der Waals surface area contributed by atoms with Crippen molar-refractivity contribution in [3.8, 4) is 0 Å². The minimum absolute atomic E-state index is 0.0628. The molecule has 1 heterocycles. The van der Waals surface area contributed by atoms with Crippen LogP contribution in [0.4, 0.5) is 14.9 Å². The minimum atomic E-state index is -0.529. The molecule has 2 aliphatic rings. The third kappa shape index (κ3) is 3.23. The van der Waals surface area contributed by atoms with Crippen LogP contribution in [-0.4, -0.2) is 48.4 Å². The van der Waals surface area contributed by atoms with Crippen molar-refractivity contribution >= 4 is 17.6 Å². The molecule has 5 nitrogen and oxygen atoms in total. The van der Waals surface area contributed by atoms with E-state index in [0.717, 1.165) is 19.3 Å². The van der Waals surface area contributed by atoms with E-state index in [2.05, 4.69) is 5.32 Å². The predicted molar refractivity (Wildman–Crippen MR) is 90.5 cm³/mol. The predicted octanol–water partition coefficient (Wildman–Crippen LogP) is 3.32. The van der Waals surface area contributed by atoms with Gasteiger partial charge in [0.2, 0.25) is 0 Å². The average Bonchev–Trinajstić information content (AvgIpc) is 3.04. The molecular formula is C18H24FN3O2. The van der Waals surface area contributed by atoms with Gasteiger partial charge in [-0.05, 0) is 49.8 Å². The summed E-state index contributed by atoms with van der Waals surface area (Å²) in [4.78, 5) is 27.9. The molecule has 0 aromatic heterocycles. The Balaban J connectivity index is 1.76. The van der Waals surface area contributed by atoms with Gasteiger partial charge < -0.3 is 15.1 Å². The number of anilines is 1. The molecule has 1 aliphatic heterocycles. The third-order valence-corrected chi connectivity index (χ3v) is 5.12. The molecule has 1 aromatic rings. The van der Waals surface area contributed by atoms with E-state index in [4.69, 9.17) is 0 Å². The largest absolute Gasteiger partial charge is 0.345 e. The van der Waals surface area contributed by atoms with Crippen molar-refractivity contribution in [2.75, 3.05) is 26.0 Å². The van der Waals surface area contributed by atoms with Crippen molar-refractivity contribution in [3.05, 3.63) is 29.6 Å². The van der Waals surface area contributed by atoms with Crippen molar-refractivity contribution in [1.29, 1.82) is 0 Å². The first-order valence-electron chi connectivity index (χ1n) is 8.56. The van der Waals surface area contributed by atoms with Crippen LogP contribution in [0.5, 0.6) is 0 Å². The number of nitrogens with zero attached hydrogens (tertiary/aromatic N) is 2. The van der Waals surface area contributed by atoms with Crippen molar-refractivity contribution in [1.82, 2.24) is 9.80 Å². The zero-order chi connectivity index (χ0) is 17.3. The van der Waals surface area contributed by atoms with Gasteiger partial charge in [0.1, 0.15) is 5.82 Å². The number of likely N-dealkylation sites (tertiary alicyclic amines) is 1. The summed E-state index contributed by atoms with van der Waals surface area (Å²) in [5.74, 6) is -0.172. The van der Waals surface area contributed by atoms with Crippen LogP contribution >= 0.6 is 0 Å². The Morgan fingerprint density at radius 1 is 1.21 bits per heavy atom. The summed E-state index contributed by atoms with van der Waals surface area (Å²) < 4.78 is 14.1. The maximum atomic E-state index is 14.1. The molecule has 24 heavy (non-hydrogen) atoms. The van der Waals surface area contributed by atoms with Gasteiger partial charge in [-0.25, -0.2) is 9.18 Å². The van der Waals surface area contributed by atoms with Crippen molar-refractivity contribution < 1.29 is 14.0 Å². The molecule has 6 heteroatoms. The molecule has 2 fully saturated rings. The van der Waals surface area contributed by atoms with E-state index in [0.29, 0.717) is 18.0 Å². The first-order chi connectivity index (χ1) is 11.5. The molecule has 0 unspecified atom stereocenters. The van der Waals surface area contributed by atoms with Crippen molar-refractivity contribution in [2.45, 2.75) is 38.1 Å². The first-order valence-corrected chi connectivity index (χ1v) is 8.56. The Kier molecular flexibility index (Phi) is 4.73. The average molecular weight is 333 g/mol. The van der Waals surface area contributed by atoms with Gasteiger partial charge in [-0.1, -0.05) is 6.42 Å². The van der Waals surface area contributed by atoms with Gasteiger partial charge in [-0.2, -0.15) is 0 Å². The van der Waals surface area contributed by atoms with E-state index in [9.17, 15) is 14.0 Å². The lowest BCUT2D eigenvalue weighted by atomic mass is 9.92. The summed E-state index contributed by atoms with van der Waals surface area (Å²) in [5.41, 5.74) is 0.418. The zero-order valence-corrected chi connectivity index (χ0v) is 14.2. The number of carbonyl (C=O) groups excluding carboxylic acids is 2. The van der Waals surface area contributed by atoms with Crippen LogP contribution in [0.1, 0.15) is 42.5 Å². The quantitative estimate of drug-likeness (QED) is 0.902. The van der Waals surface area contributed by atoms with Gasteiger partial charge in [0, 0.05) is 32.2 Å². The number of benzene rings is 1. The number of urea groups is 1. The lowest BCUT2D eigenvalue weighted by Crippen LogP contribution is -2.48. The summed E-state index contributed by atoms with van der Waals surface area (Å²) in [6.07, 6.45) is 5.53. The van der Waals surface area contributed by atoms with Crippen LogP contribution in [0, 0.1) is 11.7 Å². The topological polar surface area (TPSA) is 52.7 Å². The second kappa shape index (κ2) is 6.79. The highest BCUT2D eigenvalue weighted by atomic mass is 19.1. The number of rotatable bonds is 2. The van der Waals surface area contributed by atoms with Crippen LogP contribution in [0.3, 0.4) is 0 Å². The van der Waals surface area contributed by atoms with Crippen molar-refractivity contribution in [2.24, 2.45) is 5.92 Å². The summed E-state index contributed by atoms with van der Waals surface area (Å²) in [6, 6.07) is 4.07. The van der Waals surface area contributed by atoms with E-state index in [1.165, 1.54) is 35.9 Å². The first kappa shape index (κ1) is 16.7. The normalized spacial score (nSPS) is 22.9. The molecule has 1 saturated heterocycles. The number of carbonyl (C=O) groups is 2. The molecule has 0 spiro atoms. The number of amides is 3. The van der Waals surface area contributed by atoms with Gasteiger partial charge in [0.05, 0.1) is 5.69 Å². The molecule has 0 radical (unpaired) electrons. The molecule has 3 rings (SSSR count). The molecule has 3 amide bonds. The van der Waals surface area contributed by atoms with E-state index >= 15 is 0 Å². The fourth-order valence-electron chi connectivity index (χ4n) is 3.91. The summed E-state index contributed by atoms with van der Waals surface area (Å²) in [7, 11) is 3.27. The smallest absolute Gasteiger partial charge is 0.322 e. The number of fused-ring (bicyclic) bond motifs is 1. The standard InChI is InChI=1S/C18H24FN3O2/c1-21(2)17(23)13-8-9-14(19)15(11-13)20-18(24)22-10-4-6-12-5-3-7-16(12)22/h8-9,11-12,16H,3-7,10H2,1-2H3,(H,20,24)/t12-,16-/m0/s1. The molecule has 1 saturated carbocycles. The zero-order valence-electron chi connectivity index (χ0n) is 14.2. The number of hydrogen-bond acceptors (Lipinski definition) is 2. The fraction of sp³-hybridized carbons (Fsp3) is 0.556. The number of halogens is 1. The van der Waals surface area contributed by atoms with Crippen LogP contribution in [0.2, 0.25) is 0 Å². The lowest BCUT2D eigenvalue weighted by Gasteiger charge is -2.37. The Morgan fingerprint density at radius 3 is 2.71 bits per heavy atom. The maximum absolute atomic E-state index is 14.1. The molecule has 0 bridgehead atoms. The van der Waals surface area contributed by atoms with Crippen LogP contribution in [0.15, 0.2) is 18.2 Å². The molecular weight excluding hydrogens is 309 g/mol. The highest BCUT2D eigenvalue weighted by molar-refractivity contribution is 5.96. The van der Waals surface area contributed by atoms with Gasteiger partial charge in [0.15, 0.2) is 0 Å². The highest BCUT2D eigenvalue weighted by Gasteiger charge is 2.37. The maximum Gasteiger partial charge on any atom is 0.322 e. The molecule has 1 aromatic carbocycles. The van der Waals surface area contributed by atoms with Gasteiger partial charge in [-0.15, -0.1) is 0 Å². The SMILES string of the molecule is CN(C)C(=O)c1ccc(F)c(NC(=O)N2CCC[C@@H]3CCC[C@@H]32)c1. The Bertz CT molecular complexity index is 647. The van der Waals surface area contributed by atoms with Crippen LogP contribution in [0.25, 0.3) is 0 Å². The summed E-state index contributed by atoms with van der Waals surface area (Å²) >= 11 is 0. The van der Waals surface area contributed by atoms with E-state index < -0.39 is 5.82 Å². The molecule has 1 N–H and O–H groups in total. The second-order valence-corrected chi connectivity index (χ2v) is 6.92. The van der Waals surface area contributed by atoms with Crippen LogP contribution < -0.4 is 5.32 Å². The highest BCUT2D eigenvalue weighted by Crippen LogP contribution is 2.37. The Labute approximate surface area is 141 Å².